The minimum Gasteiger partial charge on any atom is -0.497 e. The summed E-state index contributed by atoms with van der Waals surface area (Å²) in [5, 5.41) is 9.44. The number of ether oxygens (including phenoxy) is 3. The lowest BCUT2D eigenvalue weighted by Gasteiger charge is -2.15. The van der Waals surface area contributed by atoms with Crippen LogP contribution in [0.4, 0.5) is 0 Å². The average Bonchev–Trinajstić information content (AvgIpc) is 3.44. The molecule has 2 heterocycles. The van der Waals surface area contributed by atoms with Gasteiger partial charge in [0.1, 0.15) is 17.2 Å². The summed E-state index contributed by atoms with van der Waals surface area (Å²) < 4.78 is 16.2. The Bertz CT molecular complexity index is 1230. The summed E-state index contributed by atoms with van der Waals surface area (Å²) in [5.41, 5.74) is 3.82. The molecule has 0 bridgehead atoms. The lowest BCUT2D eigenvalue weighted by Crippen LogP contribution is -2.33. The van der Waals surface area contributed by atoms with Crippen molar-refractivity contribution in [1.82, 2.24) is 20.9 Å². The zero-order valence-electron chi connectivity index (χ0n) is 20.1. The molecule has 0 unspecified atom stereocenters. The molecular formula is C26H29N5O4. The van der Waals surface area contributed by atoms with E-state index in [-0.39, 0.29) is 12.5 Å². The number of nitrogens with one attached hydrogen (secondary N) is 3. The zero-order valence-corrected chi connectivity index (χ0v) is 20.1. The molecule has 4 rings (SSSR count). The fraction of sp³-hybridized carbons (Fsp3) is 0.269. The Hall–Kier alpha value is -4.27. The Morgan fingerprint density at radius 1 is 0.971 bits per heavy atom. The second kappa shape index (κ2) is 11.2. The minimum absolute atomic E-state index is 0.212. The SMILES string of the molecule is COc1ccnc(CNC(=O)c2cc(CNC3=NCCN3)cc(-c3cc(OC)ccc3OC)c2)c1. The van der Waals surface area contributed by atoms with Crippen molar-refractivity contribution in [2.24, 2.45) is 4.99 Å². The third kappa shape index (κ3) is 6.00. The first-order valence-electron chi connectivity index (χ1n) is 11.3. The van der Waals surface area contributed by atoms with Crippen molar-refractivity contribution >= 4 is 11.9 Å². The first-order valence-corrected chi connectivity index (χ1v) is 11.3. The van der Waals surface area contributed by atoms with Crippen LogP contribution in [-0.4, -0.2) is 51.3 Å². The summed E-state index contributed by atoms with van der Waals surface area (Å²) in [7, 11) is 4.83. The number of carbonyl (C=O) groups is 1. The van der Waals surface area contributed by atoms with Crippen LogP contribution in [0.25, 0.3) is 11.1 Å². The third-order valence-electron chi connectivity index (χ3n) is 5.56. The van der Waals surface area contributed by atoms with Crippen molar-refractivity contribution in [2.45, 2.75) is 13.1 Å². The smallest absolute Gasteiger partial charge is 0.251 e. The van der Waals surface area contributed by atoms with E-state index in [1.165, 1.54) is 0 Å². The molecule has 3 N–H and O–H groups in total. The molecule has 1 aromatic heterocycles. The van der Waals surface area contributed by atoms with Gasteiger partial charge in [0.25, 0.3) is 5.91 Å². The molecule has 1 amide bonds. The monoisotopic (exact) mass is 475 g/mol. The Morgan fingerprint density at radius 3 is 2.54 bits per heavy atom. The van der Waals surface area contributed by atoms with Crippen LogP contribution in [0.2, 0.25) is 0 Å². The number of methoxy groups -OCH3 is 3. The van der Waals surface area contributed by atoms with Crippen LogP contribution in [0.3, 0.4) is 0 Å². The van der Waals surface area contributed by atoms with E-state index >= 15 is 0 Å². The molecule has 9 heteroatoms. The van der Waals surface area contributed by atoms with Crippen LogP contribution in [0, 0.1) is 0 Å². The molecule has 0 spiro atoms. The number of aliphatic imine (C=N–C) groups is 1. The van der Waals surface area contributed by atoms with Crippen molar-refractivity contribution in [3.63, 3.8) is 0 Å². The maximum Gasteiger partial charge on any atom is 0.251 e. The highest BCUT2D eigenvalue weighted by molar-refractivity contribution is 5.96. The van der Waals surface area contributed by atoms with E-state index in [1.807, 2.05) is 36.4 Å². The molecule has 2 aromatic carbocycles. The van der Waals surface area contributed by atoms with Gasteiger partial charge in [-0.25, -0.2) is 0 Å². The lowest BCUT2D eigenvalue weighted by molar-refractivity contribution is 0.0950. The first kappa shape index (κ1) is 23.9. The average molecular weight is 476 g/mol. The number of amides is 1. The Morgan fingerprint density at radius 2 is 1.80 bits per heavy atom. The molecule has 0 atom stereocenters. The number of pyridine rings is 1. The van der Waals surface area contributed by atoms with Gasteiger partial charge in [-0.1, -0.05) is 0 Å². The van der Waals surface area contributed by atoms with Crippen molar-refractivity contribution in [3.8, 4) is 28.4 Å². The topological polar surface area (TPSA) is 106 Å². The van der Waals surface area contributed by atoms with Gasteiger partial charge in [0.05, 0.1) is 40.1 Å². The van der Waals surface area contributed by atoms with Gasteiger partial charge in [-0.3, -0.25) is 14.8 Å². The normalized spacial score (nSPS) is 12.4. The fourth-order valence-corrected chi connectivity index (χ4v) is 3.78. The van der Waals surface area contributed by atoms with E-state index in [0.29, 0.717) is 35.1 Å². The maximum absolute atomic E-state index is 13.2. The highest BCUT2D eigenvalue weighted by Crippen LogP contribution is 2.34. The minimum atomic E-state index is -0.212. The van der Waals surface area contributed by atoms with Crippen LogP contribution >= 0.6 is 0 Å². The standard InChI is InChI=1S/C26H29N5O4/c1-33-21-4-5-24(35-3)23(14-21)18-10-17(15-31-26-28-8-9-29-26)11-19(12-18)25(32)30-16-20-13-22(34-2)6-7-27-20/h4-7,10-14H,8-9,15-16H2,1-3H3,(H,30,32)(H2,28,29,31). The molecule has 0 saturated heterocycles. The highest BCUT2D eigenvalue weighted by atomic mass is 16.5. The molecule has 0 aliphatic carbocycles. The molecule has 1 aliphatic heterocycles. The summed E-state index contributed by atoms with van der Waals surface area (Å²) in [6, 6.07) is 14.9. The van der Waals surface area contributed by atoms with E-state index in [0.717, 1.165) is 35.7 Å². The predicted molar refractivity (Wildman–Crippen MR) is 134 cm³/mol. The Balaban J connectivity index is 1.63. The van der Waals surface area contributed by atoms with Crippen LogP contribution < -0.4 is 30.2 Å². The number of benzene rings is 2. The van der Waals surface area contributed by atoms with Crippen LogP contribution in [-0.2, 0) is 13.1 Å². The van der Waals surface area contributed by atoms with E-state index in [1.54, 1.807) is 39.7 Å². The molecule has 1 aliphatic rings. The van der Waals surface area contributed by atoms with E-state index in [2.05, 4.69) is 25.9 Å². The molecule has 182 valence electrons. The van der Waals surface area contributed by atoms with Crippen molar-refractivity contribution in [2.75, 3.05) is 34.4 Å². The van der Waals surface area contributed by atoms with Gasteiger partial charge >= 0.3 is 0 Å². The van der Waals surface area contributed by atoms with Crippen LogP contribution in [0.1, 0.15) is 21.6 Å². The van der Waals surface area contributed by atoms with Gasteiger partial charge in [-0.05, 0) is 53.6 Å². The highest BCUT2D eigenvalue weighted by Gasteiger charge is 2.15. The Kier molecular flexibility index (Phi) is 7.67. The zero-order chi connectivity index (χ0) is 24.6. The van der Waals surface area contributed by atoms with Crippen molar-refractivity contribution < 1.29 is 19.0 Å². The number of hydrogen-bond donors (Lipinski definition) is 3. The summed E-state index contributed by atoms with van der Waals surface area (Å²) in [6.07, 6.45) is 1.65. The van der Waals surface area contributed by atoms with Gasteiger partial charge < -0.3 is 30.2 Å². The summed E-state index contributed by atoms with van der Waals surface area (Å²) in [6.45, 7) is 2.34. The van der Waals surface area contributed by atoms with Crippen molar-refractivity contribution in [1.29, 1.82) is 0 Å². The van der Waals surface area contributed by atoms with Crippen LogP contribution in [0.5, 0.6) is 17.2 Å². The van der Waals surface area contributed by atoms with E-state index < -0.39 is 0 Å². The number of rotatable bonds is 9. The quantitative estimate of drug-likeness (QED) is 0.437. The van der Waals surface area contributed by atoms with E-state index in [9.17, 15) is 4.79 Å². The van der Waals surface area contributed by atoms with Gasteiger partial charge in [0.15, 0.2) is 5.96 Å². The van der Waals surface area contributed by atoms with Gasteiger partial charge in [-0.2, -0.15) is 0 Å². The molecular weight excluding hydrogens is 446 g/mol. The fourth-order valence-electron chi connectivity index (χ4n) is 3.78. The first-order chi connectivity index (χ1) is 17.1. The maximum atomic E-state index is 13.2. The number of aromatic nitrogens is 1. The molecule has 3 aromatic rings. The van der Waals surface area contributed by atoms with Gasteiger partial charge in [-0.15, -0.1) is 0 Å². The Labute approximate surface area is 204 Å². The molecule has 35 heavy (non-hydrogen) atoms. The summed E-state index contributed by atoms with van der Waals surface area (Å²) in [4.78, 5) is 21.8. The molecule has 0 saturated carbocycles. The predicted octanol–water partition coefficient (Wildman–Crippen LogP) is 2.75. The molecule has 9 nitrogen and oxygen atoms in total. The largest absolute Gasteiger partial charge is 0.497 e. The molecule has 0 fully saturated rings. The van der Waals surface area contributed by atoms with Gasteiger partial charge in [0, 0.05) is 36.5 Å². The summed E-state index contributed by atoms with van der Waals surface area (Å²) in [5.74, 6) is 2.61. The number of guanidine groups is 1. The summed E-state index contributed by atoms with van der Waals surface area (Å²) >= 11 is 0. The lowest BCUT2D eigenvalue weighted by atomic mass is 9.98. The third-order valence-corrected chi connectivity index (χ3v) is 5.56. The van der Waals surface area contributed by atoms with Crippen LogP contribution in [0.15, 0.2) is 59.7 Å². The number of carbonyl (C=O) groups excluding carboxylic acids is 1. The number of hydrogen-bond acceptors (Lipinski definition) is 8. The number of nitrogens with zero attached hydrogens (tertiary/aromatic N) is 2. The second-order valence-electron chi connectivity index (χ2n) is 7.87. The van der Waals surface area contributed by atoms with Crippen molar-refractivity contribution in [3.05, 3.63) is 71.5 Å². The molecule has 0 radical (unpaired) electrons. The van der Waals surface area contributed by atoms with Gasteiger partial charge in [0.2, 0.25) is 0 Å². The van der Waals surface area contributed by atoms with E-state index in [4.69, 9.17) is 14.2 Å². The second-order valence-corrected chi connectivity index (χ2v) is 7.87.